The molecule has 0 amide bonds. The number of halogens is 4. The van der Waals surface area contributed by atoms with E-state index in [0.717, 1.165) is 67.5 Å². The highest BCUT2D eigenvalue weighted by molar-refractivity contribution is 8.00. The molecule has 3 aromatic rings. The number of benzene rings is 3. The average molecular weight is 589 g/mol. The highest BCUT2D eigenvalue weighted by atomic mass is 35.5. The monoisotopic (exact) mass is 587 g/mol. The van der Waals surface area contributed by atoms with Gasteiger partial charge in [0.1, 0.15) is 5.71 Å². The van der Waals surface area contributed by atoms with Gasteiger partial charge in [-0.15, -0.1) is 0 Å². The second kappa shape index (κ2) is 13.1. The standard InChI is InChI=1S/C29H29Cl2F2N5S/c30-25-11-10-24(18-26(25)31)37-14-12-36(13-15-37)16-17-39-38(23-4-2-1-3-5-23)20-21-6-8-22(9-7-21)27-19-28(29(32)33)35-34-27/h1-11,18,29H,12-17,19-20H2. The molecule has 0 spiro atoms. The maximum atomic E-state index is 12.9. The molecule has 204 valence electrons. The summed E-state index contributed by atoms with van der Waals surface area (Å²) in [6.45, 7) is 5.61. The zero-order valence-electron chi connectivity index (χ0n) is 21.3. The van der Waals surface area contributed by atoms with Crippen molar-refractivity contribution in [2.24, 2.45) is 10.2 Å². The van der Waals surface area contributed by atoms with Crippen LogP contribution in [0.2, 0.25) is 10.0 Å². The van der Waals surface area contributed by atoms with Crippen molar-refractivity contribution in [1.29, 1.82) is 0 Å². The molecule has 0 radical (unpaired) electrons. The van der Waals surface area contributed by atoms with E-state index >= 15 is 0 Å². The normalized spacial score (nSPS) is 16.0. The van der Waals surface area contributed by atoms with Gasteiger partial charge in [-0.25, -0.2) is 8.78 Å². The molecule has 0 bridgehead atoms. The van der Waals surface area contributed by atoms with E-state index in [2.05, 4.69) is 36.4 Å². The van der Waals surface area contributed by atoms with Gasteiger partial charge in [-0.1, -0.05) is 65.7 Å². The summed E-state index contributed by atoms with van der Waals surface area (Å²) in [5, 5.41) is 8.75. The Morgan fingerprint density at radius 3 is 2.28 bits per heavy atom. The minimum absolute atomic E-state index is 0.102. The summed E-state index contributed by atoms with van der Waals surface area (Å²) in [5.41, 5.74) is 4.64. The van der Waals surface area contributed by atoms with Gasteiger partial charge in [0.2, 0.25) is 0 Å². The van der Waals surface area contributed by atoms with Crippen molar-refractivity contribution in [3.8, 4) is 0 Å². The first-order valence-corrected chi connectivity index (χ1v) is 14.5. The minimum atomic E-state index is -2.56. The Morgan fingerprint density at radius 1 is 0.872 bits per heavy atom. The van der Waals surface area contributed by atoms with Crippen LogP contribution in [0.5, 0.6) is 0 Å². The van der Waals surface area contributed by atoms with Gasteiger partial charge in [-0.2, -0.15) is 10.2 Å². The van der Waals surface area contributed by atoms with E-state index in [9.17, 15) is 8.78 Å². The van der Waals surface area contributed by atoms with Crippen LogP contribution in [0.25, 0.3) is 0 Å². The van der Waals surface area contributed by atoms with Crippen LogP contribution in [0.4, 0.5) is 20.2 Å². The lowest BCUT2D eigenvalue weighted by atomic mass is 10.0. The number of hydrogen-bond donors (Lipinski definition) is 0. The van der Waals surface area contributed by atoms with Crippen molar-refractivity contribution >= 4 is 57.9 Å². The number of alkyl halides is 2. The fraction of sp³-hybridized carbons (Fsp3) is 0.310. The van der Waals surface area contributed by atoms with Crippen LogP contribution < -0.4 is 9.21 Å². The van der Waals surface area contributed by atoms with E-state index < -0.39 is 6.43 Å². The zero-order valence-corrected chi connectivity index (χ0v) is 23.6. The van der Waals surface area contributed by atoms with Crippen molar-refractivity contribution in [3.05, 3.63) is 94.0 Å². The van der Waals surface area contributed by atoms with Crippen LogP contribution in [-0.2, 0) is 6.54 Å². The van der Waals surface area contributed by atoms with Crippen molar-refractivity contribution < 1.29 is 8.78 Å². The molecular weight excluding hydrogens is 559 g/mol. The van der Waals surface area contributed by atoms with E-state index in [1.165, 1.54) is 0 Å². The van der Waals surface area contributed by atoms with Gasteiger partial charge >= 0.3 is 0 Å². The van der Waals surface area contributed by atoms with Gasteiger partial charge in [-0.05, 0) is 53.4 Å². The predicted molar refractivity (Wildman–Crippen MR) is 161 cm³/mol. The van der Waals surface area contributed by atoms with Crippen molar-refractivity contribution in [2.45, 2.75) is 19.4 Å². The van der Waals surface area contributed by atoms with Gasteiger partial charge in [0.25, 0.3) is 6.43 Å². The smallest absolute Gasteiger partial charge is 0.278 e. The molecule has 2 heterocycles. The first kappa shape index (κ1) is 27.9. The second-order valence-corrected chi connectivity index (χ2v) is 11.4. The summed E-state index contributed by atoms with van der Waals surface area (Å²) in [7, 11) is 0. The summed E-state index contributed by atoms with van der Waals surface area (Å²) in [4.78, 5) is 4.85. The number of piperazine rings is 1. The quantitative estimate of drug-likeness (QED) is 0.233. The fourth-order valence-corrected chi connectivity index (χ4v) is 5.98. The highest BCUT2D eigenvalue weighted by Gasteiger charge is 2.22. The second-order valence-electron chi connectivity index (χ2n) is 9.44. The Labute approximate surface area is 242 Å². The molecule has 0 aliphatic carbocycles. The Balaban J connectivity index is 1.14. The van der Waals surface area contributed by atoms with E-state index in [0.29, 0.717) is 15.8 Å². The van der Waals surface area contributed by atoms with Crippen molar-refractivity contribution in [3.63, 3.8) is 0 Å². The SMILES string of the molecule is FC(F)C1=NN=C(c2ccc(CN(SCCN3CCN(c4ccc(Cl)c(Cl)c4)CC3)c3ccccc3)cc2)C1. The summed E-state index contributed by atoms with van der Waals surface area (Å²) in [6, 6.07) is 24.1. The maximum Gasteiger partial charge on any atom is 0.278 e. The van der Waals surface area contributed by atoms with Gasteiger partial charge in [-0.3, -0.25) is 4.90 Å². The van der Waals surface area contributed by atoms with Crippen LogP contribution in [0.1, 0.15) is 17.5 Å². The maximum absolute atomic E-state index is 12.9. The minimum Gasteiger partial charge on any atom is -0.369 e. The molecule has 2 aliphatic rings. The number of rotatable bonds is 10. The third kappa shape index (κ3) is 7.31. The first-order valence-electron chi connectivity index (χ1n) is 12.8. The zero-order chi connectivity index (χ0) is 27.2. The predicted octanol–water partition coefficient (Wildman–Crippen LogP) is 7.28. The molecule has 3 aromatic carbocycles. The first-order chi connectivity index (χ1) is 19.0. The molecule has 39 heavy (non-hydrogen) atoms. The Morgan fingerprint density at radius 2 is 1.62 bits per heavy atom. The van der Waals surface area contributed by atoms with Crippen LogP contribution >= 0.6 is 35.1 Å². The molecule has 0 saturated carbocycles. The molecule has 2 aliphatic heterocycles. The average Bonchev–Trinajstić information content (AvgIpc) is 3.46. The molecule has 5 rings (SSSR count). The topological polar surface area (TPSA) is 34.4 Å². The molecule has 0 unspecified atom stereocenters. The van der Waals surface area contributed by atoms with Gasteiger partial charge in [0, 0.05) is 56.3 Å². The van der Waals surface area contributed by atoms with Crippen LogP contribution in [0.3, 0.4) is 0 Å². The van der Waals surface area contributed by atoms with Gasteiger partial charge in [0.05, 0.1) is 22.3 Å². The molecule has 1 fully saturated rings. The summed E-state index contributed by atoms with van der Waals surface area (Å²) in [6.07, 6.45) is -2.46. The molecule has 10 heteroatoms. The van der Waals surface area contributed by atoms with Crippen LogP contribution in [-0.4, -0.2) is 61.2 Å². The number of hydrogen-bond acceptors (Lipinski definition) is 6. The Hall–Kier alpha value is -2.65. The molecule has 0 atom stereocenters. The van der Waals surface area contributed by atoms with Gasteiger partial charge < -0.3 is 9.21 Å². The van der Waals surface area contributed by atoms with E-state index in [4.69, 9.17) is 23.2 Å². The molecule has 5 nitrogen and oxygen atoms in total. The van der Waals surface area contributed by atoms with Crippen LogP contribution in [0.15, 0.2) is 83.0 Å². The number of anilines is 2. The number of para-hydroxylation sites is 1. The third-order valence-electron chi connectivity index (χ3n) is 6.85. The molecule has 0 N–H and O–H groups in total. The van der Waals surface area contributed by atoms with E-state index in [1.54, 1.807) is 0 Å². The molecule has 1 saturated heterocycles. The number of nitrogens with zero attached hydrogens (tertiary/aromatic N) is 5. The fourth-order valence-electron chi connectivity index (χ4n) is 4.61. The van der Waals surface area contributed by atoms with Gasteiger partial charge in [0.15, 0.2) is 0 Å². The van der Waals surface area contributed by atoms with Crippen molar-refractivity contribution in [1.82, 2.24) is 4.90 Å². The lowest BCUT2D eigenvalue weighted by Gasteiger charge is -2.36. The Kier molecular flexibility index (Phi) is 9.40. The lowest BCUT2D eigenvalue weighted by molar-refractivity contribution is 0.224. The van der Waals surface area contributed by atoms with Crippen molar-refractivity contribution in [2.75, 3.05) is 47.7 Å². The Bertz CT molecular complexity index is 1310. The summed E-state index contributed by atoms with van der Waals surface area (Å²) in [5.74, 6) is 0.963. The lowest BCUT2D eigenvalue weighted by Crippen LogP contribution is -2.47. The highest BCUT2D eigenvalue weighted by Crippen LogP contribution is 2.29. The molecule has 0 aromatic heterocycles. The largest absolute Gasteiger partial charge is 0.369 e. The summed E-state index contributed by atoms with van der Waals surface area (Å²) < 4.78 is 28.1. The van der Waals surface area contributed by atoms with Crippen LogP contribution in [0, 0.1) is 0 Å². The summed E-state index contributed by atoms with van der Waals surface area (Å²) >= 11 is 14.1. The molecular formula is C29H29Cl2F2N5S. The van der Waals surface area contributed by atoms with E-state index in [-0.39, 0.29) is 12.1 Å². The third-order valence-corrected chi connectivity index (χ3v) is 8.61. The van der Waals surface area contributed by atoms with E-state index in [1.807, 2.05) is 72.6 Å².